The maximum atomic E-state index is 5.31. The van der Waals surface area contributed by atoms with Gasteiger partial charge >= 0.3 is 0 Å². The van der Waals surface area contributed by atoms with Crippen molar-refractivity contribution in [2.24, 2.45) is 0 Å². The van der Waals surface area contributed by atoms with Gasteiger partial charge in [0.05, 0.1) is 11.9 Å². The lowest BCUT2D eigenvalue weighted by molar-refractivity contribution is 1.18. The summed E-state index contributed by atoms with van der Waals surface area (Å²) < 4.78 is 0. The van der Waals surface area contributed by atoms with E-state index in [1.54, 1.807) is 0 Å². The van der Waals surface area contributed by atoms with Gasteiger partial charge in [0.1, 0.15) is 5.82 Å². The lowest BCUT2D eigenvalue weighted by Crippen LogP contribution is -2.11. The maximum Gasteiger partial charge on any atom is 0.137 e. The summed E-state index contributed by atoms with van der Waals surface area (Å²) in [6, 6.07) is 104. The van der Waals surface area contributed by atoms with Crippen LogP contribution in [0.5, 0.6) is 0 Å². The van der Waals surface area contributed by atoms with E-state index >= 15 is 0 Å². The Labute approximate surface area is 476 Å². The zero-order valence-electron chi connectivity index (χ0n) is 44.7. The van der Waals surface area contributed by atoms with E-state index in [1.165, 1.54) is 99.4 Å². The first kappa shape index (κ1) is 47.1. The molecule has 4 heteroatoms. The van der Waals surface area contributed by atoms with E-state index in [-0.39, 0.29) is 0 Å². The van der Waals surface area contributed by atoms with Crippen LogP contribution in [0.25, 0.3) is 122 Å². The summed E-state index contributed by atoms with van der Waals surface area (Å²) >= 11 is 0. The average molecular weight is 1040 g/mol. The summed E-state index contributed by atoms with van der Waals surface area (Å²) in [6.07, 6.45) is 5.80. The molecule has 2 heterocycles. The molecule has 82 heavy (non-hydrogen) atoms. The number of rotatable bonds is 11. The van der Waals surface area contributed by atoms with Crippen LogP contribution in [0.4, 0.5) is 34.3 Å². The minimum absolute atomic E-state index is 0.837. The molecule has 2 aliphatic rings. The molecule has 0 fully saturated rings. The molecule has 14 aromatic rings. The maximum absolute atomic E-state index is 5.31. The SMILES string of the molecule is c1ccc(-c2ccc(N(c3cccnc3)c3cccc(-c4ccc5c6c(cccc46)-c4cc(-c6ccc(N(c7ccc(-c8ccccc8)cc7)c7cccc(-c8ccc9c%10c(cccc8%10)-c8ccccc8-9)c7)nc6)ccc4-5)c3)cc2)cc1. The van der Waals surface area contributed by atoms with Crippen molar-refractivity contribution >= 4 is 55.8 Å². The summed E-state index contributed by atoms with van der Waals surface area (Å²) in [4.78, 5) is 14.4. The third-order valence-electron chi connectivity index (χ3n) is 16.7. The van der Waals surface area contributed by atoms with Crippen molar-refractivity contribution in [1.82, 2.24) is 9.97 Å². The van der Waals surface area contributed by atoms with Crippen LogP contribution in [0.15, 0.2) is 304 Å². The number of hydrogen-bond donors (Lipinski definition) is 0. The van der Waals surface area contributed by atoms with E-state index in [4.69, 9.17) is 4.98 Å². The normalized spacial score (nSPS) is 11.7. The first-order valence-corrected chi connectivity index (χ1v) is 28.0. The predicted molar refractivity (Wildman–Crippen MR) is 342 cm³/mol. The number of nitrogens with zero attached hydrogens (tertiary/aromatic N) is 4. The third kappa shape index (κ3) is 7.91. The molecule has 0 saturated heterocycles. The first-order valence-electron chi connectivity index (χ1n) is 28.0. The van der Waals surface area contributed by atoms with Gasteiger partial charge in [0.25, 0.3) is 0 Å². The van der Waals surface area contributed by atoms with Crippen LogP contribution in [0, 0.1) is 0 Å². The second-order valence-corrected chi connectivity index (χ2v) is 21.3. The molecule has 0 atom stereocenters. The van der Waals surface area contributed by atoms with Crippen molar-refractivity contribution in [2.75, 3.05) is 9.80 Å². The highest BCUT2D eigenvalue weighted by Gasteiger charge is 2.26. The molecule has 12 aromatic carbocycles. The Morgan fingerprint density at radius 2 is 0.646 bits per heavy atom. The van der Waals surface area contributed by atoms with E-state index < -0.39 is 0 Å². The van der Waals surface area contributed by atoms with Gasteiger partial charge in [-0.25, -0.2) is 4.98 Å². The van der Waals surface area contributed by atoms with Crippen LogP contribution in [-0.2, 0) is 0 Å². The Balaban J connectivity index is 0.737. The largest absolute Gasteiger partial charge is 0.309 e. The fraction of sp³-hybridized carbons (Fsp3) is 0. The number of anilines is 6. The second kappa shape index (κ2) is 19.5. The van der Waals surface area contributed by atoms with Crippen LogP contribution in [0.3, 0.4) is 0 Å². The monoisotopic (exact) mass is 1040 g/mol. The Kier molecular flexibility index (Phi) is 11.2. The number of benzene rings is 12. The van der Waals surface area contributed by atoms with Crippen molar-refractivity contribution in [2.45, 2.75) is 0 Å². The van der Waals surface area contributed by atoms with Gasteiger partial charge in [-0.3, -0.25) is 9.88 Å². The predicted octanol–water partition coefficient (Wildman–Crippen LogP) is 21.4. The van der Waals surface area contributed by atoms with Crippen LogP contribution in [0.1, 0.15) is 0 Å². The smallest absolute Gasteiger partial charge is 0.137 e. The van der Waals surface area contributed by atoms with Gasteiger partial charge in [0.2, 0.25) is 0 Å². The highest BCUT2D eigenvalue weighted by Crippen LogP contribution is 2.52. The Morgan fingerprint density at radius 3 is 1.21 bits per heavy atom. The van der Waals surface area contributed by atoms with Crippen molar-refractivity contribution < 1.29 is 0 Å². The molecule has 0 radical (unpaired) electrons. The summed E-state index contributed by atoms with van der Waals surface area (Å²) in [6.45, 7) is 0. The van der Waals surface area contributed by atoms with E-state index in [2.05, 4.69) is 294 Å². The highest BCUT2D eigenvalue weighted by molar-refractivity contribution is 6.20. The molecule has 382 valence electrons. The molecule has 0 unspecified atom stereocenters. The van der Waals surface area contributed by atoms with Gasteiger partial charge in [-0.2, -0.15) is 0 Å². The quantitative estimate of drug-likeness (QED) is 0.129. The van der Waals surface area contributed by atoms with Crippen molar-refractivity contribution in [1.29, 1.82) is 0 Å². The van der Waals surface area contributed by atoms with Gasteiger partial charge in [0, 0.05) is 40.7 Å². The van der Waals surface area contributed by atoms with Gasteiger partial charge in [0.15, 0.2) is 0 Å². The number of hydrogen-bond acceptors (Lipinski definition) is 4. The molecule has 0 spiro atoms. The molecule has 0 saturated carbocycles. The van der Waals surface area contributed by atoms with Gasteiger partial charge < -0.3 is 4.90 Å². The van der Waals surface area contributed by atoms with Crippen molar-refractivity contribution in [3.63, 3.8) is 0 Å². The molecule has 2 aliphatic carbocycles. The molecule has 0 aliphatic heterocycles. The second-order valence-electron chi connectivity index (χ2n) is 21.3. The zero-order valence-corrected chi connectivity index (χ0v) is 44.7. The van der Waals surface area contributed by atoms with Crippen LogP contribution in [-0.4, -0.2) is 9.97 Å². The zero-order chi connectivity index (χ0) is 54.1. The fourth-order valence-electron chi connectivity index (χ4n) is 12.9. The van der Waals surface area contributed by atoms with E-state index in [9.17, 15) is 0 Å². The molecular formula is C78H50N4. The molecule has 0 bridgehead atoms. The van der Waals surface area contributed by atoms with Crippen molar-refractivity contribution in [3.05, 3.63) is 304 Å². The lowest BCUT2D eigenvalue weighted by atomic mass is 9.94. The van der Waals surface area contributed by atoms with Crippen molar-refractivity contribution in [3.8, 4) is 100 Å². The lowest BCUT2D eigenvalue weighted by Gasteiger charge is -2.26. The van der Waals surface area contributed by atoms with Crippen LogP contribution < -0.4 is 9.80 Å². The molecule has 2 aromatic heterocycles. The minimum atomic E-state index is 0.837. The molecule has 16 rings (SSSR count). The number of fused-ring (bicyclic) bond motifs is 6. The average Bonchev–Trinajstić information content (AvgIpc) is 3.43. The molecule has 0 amide bonds. The van der Waals surface area contributed by atoms with Crippen LogP contribution in [0.2, 0.25) is 0 Å². The topological polar surface area (TPSA) is 32.3 Å². The van der Waals surface area contributed by atoms with Gasteiger partial charge in [-0.05, 0) is 195 Å². The first-order chi connectivity index (χ1) is 40.7. The van der Waals surface area contributed by atoms with Gasteiger partial charge in [-0.1, -0.05) is 206 Å². The van der Waals surface area contributed by atoms with Crippen LogP contribution >= 0.6 is 0 Å². The number of pyridine rings is 2. The summed E-state index contributed by atoms with van der Waals surface area (Å²) in [5.74, 6) is 0.837. The summed E-state index contributed by atoms with van der Waals surface area (Å²) in [5, 5.41) is 5.10. The molecular weight excluding hydrogens is 993 g/mol. The highest BCUT2D eigenvalue weighted by atomic mass is 15.2. The van der Waals surface area contributed by atoms with E-state index in [0.29, 0.717) is 0 Å². The summed E-state index contributed by atoms with van der Waals surface area (Å²) in [5.41, 5.74) is 27.0. The molecule has 0 N–H and O–H groups in total. The van der Waals surface area contributed by atoms with E-state index in [1.807, 2.05) is 24.7 Å². The minimum Gasteiger partial charge on any atom is -0.309 e. The third-order valence-corrected chi connectivity index (χ3v) is 16.7. The Morgan fingerprint density at radius 1 is 0.220 bits per heavy atom. The van der Waals surface area contributed by atoms with E-state index in [0.717, 1.165) is 56.5 Å². The molecule has 4 nitrogen and oxygen atoms in total. The fourth-order valence-corrected chi connectivity index (χ4v) is 12.9. The summed E-state index contributed by atoms with van der Waals surface area (Å²) in [7, 11) is 0. The standard InChI is InChI=1S/C78H50N4/c1-3-14-51(15-4-1)53-29-35-59(36-30-53)81(63-22-13-45-79-50-63)61-20-9-18-56(46-61)64-41-43-74-68-39-33-55(48-75(68)72-28-12-26-70(64)78(72)74)58-34-44-76(80-49-58)82(60-37-31-54(32-38-60)52-16-5-2-6-17-52)62-21-10-19-57(47-62)65-40-42-73-67-24-8-7-23-66(67)71-27-11-25-69(65)77(71)73/h1-50H. The Hall–Kier alpha value is -10.9. The Bertz CT molecular complexity index is 4740. The number of aromatic nitrogens is 2. The van der Waals surface area contributed by atoms with Gasteiger partial charge in [-0.15, -0.1) is 0 Å².